The Hall–Kier alpha value is -1.75. The van der Waals surface area contributed by atoms with Gasteiger partial charge in [-0.15, -0.1) is 0 Å². The Labute approximate surface area is 119 Å². The predicted octanol–water partition coefficient (Wildman–Crippen LogP) is 3.76. The van der Waals surface area contributed by atoms with Crippen molar-refractivity contribution in [1.82, 2.24) is 0 Å². The molecule has 0 aliphatic rings. The van der Waals surface area contributed by atoms with Crippen LogP contribution >= 0.6 is 15.9 Å². The van der Waals surface area contributed by atoms with Crippen LogP contribution in [0, 0.1) is 5.82 Å². The van der Waals surface area contributed by atoms with Gasteiger partial charge in [0.2, 0.25) is 0 Å². The molecule has 0 spiro atoms. The van der Waals surface area contributed by atoms with Crippen LogP contribution in [0.3, 0.4) is 0 Å². The zero-order valence-electron chi connectivity index (χ0n) is 10.3. The number of ether oxygens (including phenoxy) is 2. The van der Waals surface area contributed by atoms with E-state index in [4.69, 9.17) is 15.2 Å². The summed E-state index contributed by atoms with van der Waals surface area (Å²) >= 11 is 3.31. The first-order valence-electron chi connectivity index (χ1n) is 5.60. The minimum atomic E-state index is -0.349. The highest BCUT2D eigenvalue weighted by Gasteiger charge is 2.07. The summed E-state index contributed by atoms with van der Waals surface area (Å²) in [6.07, 6.45) is 0. The van der Waals surface area contributed by atoms with Crippen LogP contribution in [-0.2, 0) is 6.61 Å². The lowest BCUT2D eigenvalue weighted by Gasteiger charge is -2.12. The molecule has 0 atom stereocenters. The van der Waals surface area contributed by atoms with Crippen molar-refractivity contribution in [2.75, 3.05) is 12.8 Å². The number of benzene rings is 2. The van der Waals surface area contributed by atoms with Gasteiger partial charge >= 0.3 is 0 Å². The number of hydrogen-bond donors (Lipinski definition) is 1. The van der Waals surface area contributed by atoms with E-state index in [9.17, 15) is 4.39 Å². The average molecular weight is 326 g/mol. The second kappa shape index (κ2) is 5.93. The van der Waals surface area contributed by atoms with Crippen LogP contribution in [0.2, 0.25) is 0 Å². The molecule has 19 heavy (non-hydrogen) atoms. The molecule has 0 aromatic heterocycles. The Morgan fingerprint density at radius 3 is 2.68 bits per heavy atom. The zero-order chi connectivity index (χ0) is 13.8. The van der Waals surface area contributed by atoms with E-state index in [0.29, 0.717) is 21.7 Å². The number of methoxy groups -OCH3 is 1. The van der Waals surface area contributed by atoms with Crippen molar-refractivity contribution >= 4 is 21.6 Å². The molecule has 0 saturated heterocycles. The molecule has 0 unspecified atom stereocenters. The van der Waals surface area contributed by atoms with Crippen LogP contribution in [0.1, 0.15) is 5.56 Å². The first-order valence-corrected chi connectivity index (χ1v) is 6.39. The van der Waals surface area contributed by atoms with Crippen molar-refractivity contribution in [2.45, 2.75) is 6.61 Å². The van der Waals surface area contributed by atoms with Gasteiger partial charge in [-0.2, -0.15) is 0 Å². The Bertz CT molecular complexity index is 590. The maximum atomic E-state index is 13.1. The smallest absolute Gasteiger partial charge is 0.136 e. The number of anilines is 1. The van der Waals surface area contributed by atoms with Gasteiger partial charge in [0.1, 0.15) is 23.9 Å². The third kappa shape index (κ3) is 3.38. The second-order valence-electron chi connectivity index (χ2n) is 3.93. The molecule has 100 valence electrons. The maximum Gasteiger partial charge on any atom is 0.136 e. The van der Waals surface area contributed by atoms with Crippen LogP contribution in [0.25, 0.3) is 0 Å². The SMILES string of the molecule is COc1ccc(N)cc1COc1cc(F)ccc1Br. The Morgan fingerprint density at radius 1 is 1.16 bits per heavy atom. The highest BCUT2D eigenvalue weighted by Crippen LogP contribution is 2.28. The summed E-state index contributed by atoms with van der Waals surface area (Å²) in [7, 11) is 1.58. The quantitative estimate of drug-likeness (QED) is 0.870. The number of nitrogens with two attached hydrogens (primary N) is 1. The van der Waals surface area contributed by atoms with Crippen molar-refractivity contribution in [3.05, 3.63) is 52.3 Å². The molecule has 0 fully saturated rings. The number of nitrogen functional groups attached to an aromatic ring is 1. The van der Waals surface area contributed by atoms with Gasteiger partial charge < -0.3 is 15.2 Å². The molecule has 0 heterocycles. The van der Waals surface area contributed by atoms with Crippen LogP contribution in [0.4, 0.5) is 10.1 Å². The summed E-state index contributed by atoms with van der Waals surface area (Å²) in [6, 6.07) is 9.57. The van der Waals surface area contributed by atoms with Gasteiger partial charge in [0.05, 0.1) is 11.6 Å². The summed E-state index contributed by atoms with van der Waals surface area (Å²) < 4.78 is 24.6. The number of hydrogen-bond acceptors (Lipinski definition) is 3. The molecule has 0 radical (unpaired) electrons. The van der Waals surface area contributed by atoms with Crippen molar-refractivity contribution in [2.24, 2.45) is 0 Å². The van der Waals surface area contributed by atoms with E-state index in [2.05, 4.69) is 15.9 Å². The molecule has 2 aromatic carbocycles. The topological polar surface area (TPSA) is 44.5 Å². The molecule has 3 nitrogen and oxygen atoms in total. The molecule has 2 rings (SSSR count). The molecule has 0 aliphatic carbocycles. The van der Waals surface area contributed by atoms with E-state index in [-0.39, 0.29) is 12.4 Å². The van der Waals surface area contributed by atoms with E-state index >= 15 is 0 Å². The van der Waals surface area contributed by atoms with Crippen molar-refractivity contribution < 1.29 is 13.9 Å². The molecular formula is C14H13BrFNO2. The average Bonchev–Trinajstić information content (AvgIpc) is 2.40. The zero-order valence-corrected chi connectivity index (χ0v) is 11.9. The highest BCUT2D eigenvalue weighted by atomic mass is 79.9. The molecule has 2 N–H and O–H groups in total. The maximum absolute atomic E-state index is 13.1. The van der Waals surface area contributed by atoms with Gasteiger partial charge in [0.15, 0.2) is 0 Å². The summed E-state index contributed by atoms with van der Waals surface area (Å²) in [4.78, 5) is 0. The summed E-state index contributed by atoms with van der Waals surface area (Å²) in [5, 5.41) is 0. The predicted molar refractivity (Wildman–Crippen MR) is 75.8 cm³/mol. The molecule has 2 aromatic rings. The lowest BCUT2D eigenvalue weighted by Crippen LogP contribution is -2.00. The summed E-state index contributed by atoms with van der Waals surface area (Å²) in [5.74, 6) is 0.768. The van der Waals surface area contributed by atoms with E-state index < -0.39 is 0 Å². The van der Waals surface area contributed by atoms with Crippen molar-refractivity contribution in [1.29, 1.82) is 0 Å². The van der Waals surface area contributed by atoms with E-state index in [0.717, 1.165) is 5.56 Å². The summed E-state index contributed by atoms with van der Waals surface area (Å²) in [6.45, 7) is 0.246. The fourth-order valence-electron chi connectivity index (χ4n) is 1.65. The lowest BCUT2D eigenvalue weighted by atomic mass is 10.2. The minimum Gasteiger partial charge on any atom is -0.496 e. The standard InChI is InChI=1S/C14H13BrFNO2/c1-18-13-5-3-11(17)6-9(13)8-19-14-7-10(16)2-4-12(14)15/h2-7H,8,17H2,1H3. The Kier molecular flexibility index (Phi) is 4.27. The van der Waals surface area contributed by atoms with Gasteiger partial charge in [0.25, 0.3) is 0 Å². The fraction of sp³-hybridized carbons (Fsp3) is 0.143. The Morgan fingerprint density at radius 2 is 1.95 bits per heavy atom. The largest absolute Gasteiger partial charge is 0.496 e. The van der Waals surface area contributed by atoms with Crippen molar-refractivity contribution in [3.63, 3.8) is 0 Å². The Balaban J connectivity index is 2.18. The van der Waals surface area contributed by atoms with Crippen LogP contribution in [0.15, 0.2) is 40.9 Å². The molecule has 0 saturated carbocycles. The monoisotopic (exact) mass is 325 g/mol. The molecule has 0 bridgehead atoms. The first kappa shape index (κ1) is 13.7. The van der Waals surface area contributed by atoms with Crippen LogP contribution in [-0.4, -0.2) is 7.11 Å². The van der Waals surface area contributed by atoms with E-state index in [1.54, 1.807) is 31.4 Å². The van der Waals surface area contributed by atoms with Gasteiger partial charge in [-0.1, -0.05) is 0 Å². The molecule has 0 aliphatic heterocycles. The molecular weight excluding hydrogens is 313 g/mol. The number of halogens is 2. The van der Waals surface area contributed by atoms with Crippen LogP contribution in [0.5, 0.6) is 11.5 Å². The van der Waals surface area contributed by atoms with Gasteiger partial charge in [-0.25, -0.2) is 4.39 Å². The summed E-state index contributed by atoms with van der Waals surface area (Å²) in [5.41, 5.74) is 7.15. The second-order valence-corrected chi connectivity index (χ2v) is 4.79. The van der Waals surface area contributed by atoms with E-state index in [1.807, 2.05) is 0 Å². The van der Waals surface area contributed by atoms with Crippen LogP contribution < -0.4 is 15.2 Å². The minimum absolute atomic E-state index is 0.246. The third-order valence-electron chi connectivity index (χ3n) is 2.58. The highest BCUT2D eigenvalue weighted by molar-refractivity contribution is 9.10. The first-order chi connectivity index (χ1) is 9.10. The molecule has 0 amide bonds. The third-order valence-corrected chi connectivity index (χ3v) is 3.24. The number of rotatable bonds is 4. The fourth-order valence-corrected chi connectivity index (χ4v) is 2.02. The normalized spacial score (nSPS) is 10.3. The van der Waals surface area contributed by atoms with Crippen molar-refractivity contribution in [3.8, 4) is 11.5 Å². The van der Waals surface area contributed by atoms with Gasteiger partial charge in [-0.3, -0.25) is 0 Å². The van der Waals surface area contributed by atoms with E-state index in [1.165, 1.54) is 12.1 Å². The molecule has 5 heteroatoms. The van der Waals surface area contributed by atoms with Gasteiger partial charge in [0, 0.05) is 17.3 Å². The lowest BCUT2D eigenvalue weighted by molar-refractivity contribution is 0.293. The van der Waals surface area contributed by atoms with Gasteiger partial charge in [-0.05, 0) is 46.3 Å².